The summed E-state index contributed by atoms with van der Waals surface area (Å²) in [4.78, 5) is 0. The normalized spacial score (nSPS) is 13.2. The van der Waals surface area contributed by atoms with E-state index in [4.69, 9.17) is 8.61 Å². The second-order valence-electron chi connectivity index (χ2n) is 6.78. The predicted octanol–water partition coefficient (Wildman–Crippen LogP) is 3.59. The summed E-state index contributed by atoms with van der Waals surface area (Å²) in [5.41, 5.74) is 1.03. The van der Waals surface area contributed by atoms with Crippen LogP contribution in [0.25, 0.3) is 0 Å². The molecule has 0 fully saturated rings. The average molecular weight is 331 g/mol. The van der Waals surface area contributed by atoms with Gasteiger partial charge in [0.05, 0.1) is 12.9 Å². The molecular weight excluding hydrogens is 304 g/mol. The maximum absolute atomic E-state index is 10.9. The fourth-order valence-electron chi connectivity index (χ4n) is 1.48. The van der Waals surface area contributed by atoms with E-state index in [2.05, 4.69) is 33.9 Å². The van der Waals surface area contributed by atoms with Crippen molar-refractivity contribution in [3.05, 3.63) is 29.8 Å². The standard InChI is InChI=1S/C15H26O4SSi/c1-15(2,3)21(5,6)19-14-9-7-13(8-10-14)11-12-18-20(4,16)17/h7-10H,11-12H2,1-6H3. The Balaban J connectivity index is 2.63. The number of hydrogen-bond acceptors (Lipinski definition) is 4. The minimum atomic E-state index is -3.36. The van der Waals surface area contributed by atoms with Crippen LogP contribution in [0.3, 0.4) is 0 Å². The zero-order valence-corrected chi connectivity index (χ0v) is 15.6. The van der Waals surface area contributed by atoms with Crippen molar-refractivity contribution >= 4 is 18.4 Å². The van der Waals surface area contributed by atoms with Gasteiger partial charge in [0, 0.05) is 0 Å². The molecule has 0 saturated heterocycles. The highest BCUT2D eigenvalue weighted by Crippen LogP contribution is 2.37. The summed E-state index contributed by atoms with van der Waals surface area (Å²) in [6, 6.07) is 7.79. The monoisotopic (exact) mass is 330 g/mol. The maximum atomic E-state index is 10.9. The summed E-state index contributed by atoms with van der Waals surface area (Å²) in [5.74, 6) is 0.870. The summed E-state index contributed by atoms with van der Waals surface area (Å²) in [6.45, 7) is 11.2. The third kappa shape index (κ3) is 6.19. The molecule has 0 amide bonds. The van der Waals surface area contributed by atoms with Crippen molar-refractivity contribution in [2.75, 3.05) is 12.9 Å². The smallest absolute Gasteiger partial charge is 0.264 e. The Kier molecular flexibility index (Phi) is 5.63. The van der Waals surface area contributed by atoms with Crippen LogP contribution in [0.1, 0.15) is 26.3 Å². The van der Waals surface area contributed by atoms with E-state index in [0.29, 0.717) is 6.42 Å². The molecule has 0 saturated carbocycles. The fraction of sp³-hybridized carbons (Fsp3) is 0.600. The Morgan fingerprint density at radius 3 is 2.05 bits per heavy atom. The molecule has 0 unspecified atom stereocenters. The van der Waals surface area contributed by atoms with E-state index in [-0.39, 0.29) is 11.6 Å². The molecular formula is C15H26O4SSi. The molecule has 0 atom stereocenters. The highest BCUT2D eigenvalue weighted by Gasteiger charge is 2.38. The molecule has 0 heterocycles. The van der Waals surface area contributed by atoms with Gasteiger partial charge in [0.15, 0.2) is 0 Å². The molecule has 0 aromatic heterocycles. The molecule has 1 aromatic carbocycles. The molecule has 0 aliphatic rings. The van der Waals surface area contributed by atoms with Crippen LogP contribution in [-0.2, 0) is 20.7 Å². The molecule has 21 heavy (non-hydrogen) atoms. The Morgan fingerprint density at radius 1 is 1.10 bits per heavy atom. The van der Waals surface area contributed by atoms with Crippen LogP contribution in [0.5, 0.6) is 5.75 Å². The second-order valence-corrected chi connectivity index (χ2v) is 13.2. The van der Waals surface area contributed by atoms with Gasteiger partial charge in [-0.05, 0) is 42.2 Å². The van der Waals surface area contributed by atoms with Crippen LogP contribution in [0, 0.1) is 0 Å². The summed E-state index contributed by atoms with van der Waals surface area (Å²) in [5, 5.41) is 0.162. The Hall–Kier alpha value is -0.853. The lowest BCUT2D eigenvalue weighted by molar-refractivity contribution is 0.326. The van der Waals surface area contributed by atoms with Gasteiger partial charge in [-0.3, -0.25) is 4.18 Å². The van der Waals surface area contributed by atoms with Crippen molar-refractivity contribution in [2.24, 2.45) is 0 Å². The lowest BCUT2D eigenvalue weighted by Crippen LogP contribution is -2.43. The van der Waals surface area contributed by atoms with Crippen molar-refractivity contribution < 1.29 is 17.0 Å². The zero-order valence-electron chi connectivity index (χ0n) is 13.8. The Labute approximate surface area is 129 Å². The van der Waals surface area contributed by atoms with Gasteiger partial charge >= 0.3 is 0 Å². The minimum Gasteiger partial charge on any atom is -0.544 e. The fourth-order valence-corrected chi connectivity index (χ4v) is 2.90. The highest BCUT2D eigenvalue weighted by molar-refractivity contribution is 7.85. The van der Waals surface area contributed by atoms with Crippen molar-refractivity contribution in [3.63, 3.8) is 0 Å². The number of benzene rings is 1. The van der Waals surface area contributed by atoms with E-state index in [1.54, 1.807) is 0 Å². The first-order valence-electron chi connectivity index (χ1n) is 7.03. The topological polar surface area (TPSA) is 52.6 Å². The molecule has 6 heteroatoms. The molecule has 0 N–H and O–H groups in total. The van der Waals surface area contributed by atoms with Gasteiger partial charge < -0.3 is 4.43 Å². The third-order valence-corrected chi connectivity index (χ3v) is 8.74. The highest BCUT2D eigenvalue weighted by atomic mass is 32.2. The molecule has 0 radical (unpaired) electrons. The molecule has 120 valence electrons. The van der Waals surface area contributed by atoms with Gasteiger partial charge in [-0.15, -0.1) is 0 Å². The van der Waals surface area contributed by atoms with Crippen LogP contribution in [0.4, 0.5) is 0 Å². The van der Waals surface area contributed by atoms with E-state index < -0.39 is 18.4 Å². The van der Waals surface area contributed by atoms with Crippen LogP contribution >= 0.6 is 0 Å². The molecule has 4 nitrogen and oxygen atoms in total. The van der Waals surface area contributed by atoms with Crippen molar-refractivity contribution in [2.45, 2.75) is 45.3 Å². The summed E-state index contributed by atoms with van der Waals surface area (Å²) >= 11 is 0. The largest absolute Gasteiger partial charge is 0.544 e. The van der Waals surface area contributed by atoms with E-state index in [9.17, 15) is 8.42 Å². The van der Waals surface area contributed by atoms with E-state index in [0.717, 1.165) is 17.6 Å². The van der Waals surface area contributed by atoms with Gasteiger partial charge in [-0.2, -0.15) is 8.42 Å². The second kappa shape index (κ2) is 6.50. The third-order valence-electron chi connectivity index (χ3n) is 3.79. The average Bonchev–Trinajstić information content (AvgIpc) is 2.28. The molecule has 0 aliphatic heterocycles. The van der Waals surface area contributed by atoms with Gasteiger partial charge in [-0.1, -0.05) is 32.9 Å². The Bertz CT molecular complexity index is 556. The van der Waals surface area contributed by atoms with E-state index in [1.807, 2.05) is 24.3 Å². The van der Waals surface area contributed by atoms with Gasteiger partial charge in [0.2, 0.25) is 8.32 Å². The van der Waals surface area contributed by atoms with Gasteiger partial charge in [0.25, 0.3) is 10.1 Å². The maximum Gasteiger partial charge on any atom is 0.264 e. The first-order valence-corrected chi connectivity index (χ1v) is 11.8. The summed E-state index contributed by atoms with van der Waals surface area (Å²) < 4.78 is 32.7. The first kappa shape index (κ1) is 18.2. The van der Waals surface area contributed by atoms with Crippen LogP contribution in [0.15, 0.2) is 24.3 Å². The zero-order chi connectivity index (χ0) is 16.3. The SMILES string of the molecule is CC(C)(C)[Si](C)(C)Oc1ccc(CCOS(C)(=O)=O)cc1. The molecule has 1 rings (SSSR count). The molecule has 1 aromatic rings. The van der Waals surface area contributed by atoms with Gasteiger partial charge in [0.1, 0.15) is 5.75 Å². The van der Waals surface area contributed by atoms with Crippen molar-refractivity contribution in [1.29, 1.82) is 0 Å². The van der Waals surface area contributed by atoms with Crippen LogP contribution in [0.2, 0.25) is 18.1 Å². The van der Waals surface area contributed by atoms with Crippen LogP contribution in [-0.4, -0.2) is 29.6 Å². The number of hydrogen-bond donors (Lipinski definition) is 0. The summed E-state index contributed by atoms with van der Waals surface area (Å²) in [6.07, 6.45) is 1.62. The lowest BCUT2D eigenvalue weighted by atomic mass is 10.2. The predicted molar refractivity (Wildman–Crippen MR) is 88.8 cm³/mol. The van der Waals surface area contributed by atoms with Gasteiger partial charge in [-0.25, -0.2) is 0 Å². The quantitative estimate of drug-likeness (QED) is 0.591. The van der Waals surface area contributed by atoms with Crippen LogP contribution < -0.4 is 4.43 Å². The lowest BCUT2D eigenvalue weighted by Gasteiger charge is -2.36. The number of rotatable bonds is 6. The van der Waals surface area contributed by atoms with E-state index in [1.165, 1.54) is 0 Å². The minimum absolute atomic E-state index is 0.162. The molecule has 0 bridgehead atoms. The molecule has 0 spiro atoms. The summed E-state index contributed by atoms with van der Waals surface area (Å²) in [7, 11) is -5.18. The van der Waals surface area contributed by atoms with E-state index >= 15 is 0 Å². The van der Waals surface area contributed by atoms with Crippen molar-refractivity contribution in [3.8, 4) is 5.75 Å². The first-order chi connectivity index (χ1) is 9.41. The molecule has 0 aliphatic carbocycles. The van der Waals surface area contributed by atoms with Crippen molar-refractivity contribution in [1.82, 2.24) is 0 Å². The Morgan fingerprint density at radius 2 is 1.62 bits per heavy atom.